The number of benzene rings is 1. The molecule has 1 saturated heterocycles. The second-order valence-electron chi connectivity index (χ2n) is 5.59. The first-order valence-electron chi connectivity index (χ1n) is 7.81. The van der Waals surface area contributed by atoms with Crippen molar-refractivity contribution in [2.75, 3.05) is 18.0 Å². The topological polar surface area (TPSA) is 36.9 Å². The van der Waals surface area contributed by atoms with E-state index in [1.807, 2.05) is 4.57 Å². The highest BCUT2D eigenvalue weighted by Gasteiger charge is 2.12. The van der Waals surface area contributed by atoms with Crippen molar-refractivity contribution in [1.29, 1.82) is 0 Å². The summed E-state index contributed by atoms with van der Waals surface area (Å²) >= 11 is 5.36. The lowest BCUT2D eigenvalue weighted by Gasteiger charge is -2.28. The first-order valence-corrected chi connectivity index (χ1v) is 8.22. The summed E-state index contributed by atoms with van der Waals surface area (Å²) in [6.45, 7) is 4.50. The van der Waals surface area contributed by atoms with Gasteiger partial charge in [0, 0.05) is 30.9 Å². The second kappa shape index (κ2) is 6.43. The number of piperidine rings is 1. The van der Waals surface area contributed by atoms with Crippen LogP contribution < -0.4 is 4.90 Å². The van der Waals surface area contributed by atoms with Gasteiger partial charge in [-0.3, -0.25) is 9.67 Å². The van der Waals surface area contributed by atoms with Crippen molar-refractivity contribution in [1.82, 2.24) is 14.8 Å². The molecule has 1 aliphatic heterocycles. The lowest BCUT2D eigenvalue weighted by atomic mass is 10.1. The van der Waals surface area contributed by atoms with E-state index in [1.165, 1.54) is 38.0 Å². The van der Waals surface area contributed by atoms with E-state index in [0.717, 1.165) is 24.4 Å². The van der Waals surface area contributed by atoms with Gasteiger partial charge in [0.25, 0.3) is 0 Å². The van der Waals surface area contributed by atoms with E-state index in [0.29, 0.717) is 4.77 Å². The molecule has 21 heavy (non-hydrogen) atoms. The van der Waals surface area contributed by atoms with E-state index in [9.17, 15) is 0 Å². The first-order chi connectivity index (χ1) is 10.3. The smallest absolute Gasteiger partial charge is 0.199 e. The van der Waals surface area contributed by atoms with Crippen LogP contribution in [0.15, 0.2) is 24.3 Å². The molecule has 1 N–H and O–H groups in total. The van der Waals surface area contributed by atoms with Crippen molar-refractivity contribution < 1.29 is 0 Å². The molecule has 0 spiro atoms. The normalized spacial score (nSPS) is 15.4. The molecule has 0 bridgehead atoms. The van der Waals surface area contributed by atoms with E-state index in [-0.39, 0.29) is 0 Å². The van der Waals surface area contributed by atoms with Crippen LogP contribution in [0.5, 0.6) is 0 Å². The number of aromatic nitrogens is 3. The minimum atomic E-state index is 0.671. The van der Waals surface area contributed by atoms with Gasteiger partial charge in [-0.25, -0.2) is 0 Å². The average molecular weight is 302 g/mol. The Hall–Kier alpha value is -1.62. The van der Waals surface area contributed by atoms with Gasteiger partial charge in [0.1, 0.15) is 5.82 Å². The molecule has 2 aromatic rings. The van der Waals surface area contributed by atoms with Crippen molar-refractivity contribution >= 4 is 17.9 Å². The van der Waals surface area contributed by atoms with E-state index in [1.54, 1.807) is 0 Å². The first kappa shape index (κ1) is 14.3. The Kier molecular flexibility index (Phi) is 4.39. The summed E-state index contributed by atoms with van der Waals surface area (Å²) in [5, 5.41) is 7.23. The molecule has 2 heterocycles. The summed E-state index contributed by atoms with van der Waals surface area (Å²) in [5.74, 6) is 1.01. The second-order valence-corrected chi connectivity index (χ2v) is 5.98. The minimum Gasteiger partial charge on any atom is -0.372 e. The number of nitrogens with zero attached hydrogens (tertiary/aromatic N) is 3. The Morgan fingerprint density at radius 1 is 1.10 bits per heavy atom. The molecule has 0 unspecified atom stereocenters. The van der Waals surface area contributed by atoms with Crippen LogP contribution >= 0.6 is 12.2 Å². The van der Waals surface area contributed by atoms with Gasteiger partial charge < -0.3 is 4.90 Å². The zero-order valence-corrected chi connectivity index (χ0v) is 13.3. The Morgan fingerprint density at radius 2 is 1.76 bits per heavy atom. The maximum absolute atomic E-state index is 5.36. The summed E-state index contributed by atoms with van der Waals surface area (Å²) in [6.07, 6.45) is 5.95. The molecule has 4 nitrogen and oxygen atoms in total. The molecular weight excluding hydrogens is 280 g/mol. The van der Waals surface area contributed by atoms with Gasteiger partial charge in [-0.05, 0) is 62.2 Å². The Balaban J connectivity index is 1.87. The number of aromatic amines is 1. The Bertz CT molecular complexity index is 635. The standard InChI is InChI=1S/C16H22N4S/c1-2-6-15-17-18-16(21)20(15)14-9-7-13(8-10-14)19-11-4-3-5-12-19/h7-10H,2-6,11-12H2,1H3,(H,18,21). The number of anilines is 1. The highest BCUT2D eigenvalue weighted by Crippen LogP contribution is 2.22. The van der Waals surface area contributed by atoms with E-state index in [2.05, 4.69) is 46.3 Å². The predicted molar refractivity (Wildman–Crippen MR) is 88.8 cm³/mol. The third-order valence-electron chi connectivity index (χ3n) is 4.04. The third-order valence-corrected chi connectivity index (χ3v) is 4.32. The molecule has 1 aromatic heterocycles. The van der Waals surface area contributed by atoms with Crippen LogP contribution in [0.25, 0.3) is 5.69 Å². The maximum Gasteiger partial charge on any atom is 0.199 e. The lowest BCUT2D eigenvalue weighted by molar-refractivity contribution is 0.578. The third kappa shape index (κ3) is 3.02. The lowest BCUT2D eigenvalue weighted by Crippen LogP contribution is -2.29. The molecule has 0 radical (unpaired) electrons. The van der Waals surface area contributed by atoms with Crippen molar-refractivity contribution in [2.45, 2.75) is 39.0 Å². The van der Waals surface area contributed by atoms with E-state index < -0.39 is 0 Å². The van der Waals surface area contributed by atoms with E-state index in [4.69, 9.17) is 12.2 Å². The average Bonchev–Trinajstić information content (AvgIpc) is 2.90. The molecule has 0 saturated carbocycles. The van der Waals surface area contributed by atoms with Crippen LogP contribution in [-0.4, -0.2) is 27.9 Å². The summed E-state index contributed by atoms with van der Waals surface area (Å²) in [6, 6.07) is 8.69. The molecular formula is C16H22N4S. The molecule has 112 valence electrons. The quantitative estimate of drug-likeness (QED) is 0.871. The van der Waals surface area contributed by atoms with Crippen molar-refractivity contribution in [3.8, 4) is 5.69 Å². The van der Waals surface area contributed by atoms with Gasteiger partial charge >= 0.3 is 0 Å². The van der Waals surface area contributed by atoms with Crippen LogP contribution in [0.2, 0.25) is 0 Å². The van der Waals surface area contributed by atoms with Gasteiger partial charge in [-0.1, -0.05) is 6.92 Å². The molecule has 1 fully saturated rings. The SMILES string of the molecule is CCCc1n[nH]c(=S)n1-c1ccc(N2CCCCC2)cc1. The van der Waals surface area contributed by atoms with Crippen LogP contribution in [0, 0.1) is 4.77 Å². The zero-order valence-electron chi connectivity index (χ0n) is 12.5. The number of aryl methyl sites for hydroxylation is 1. The summed E-state index contributed by atoms with van der Waals surface area (Å²) in [4.78, 5) is 2.47. The highest BCUT2D eigenvalue weighted by molar-refractivity contribution is 7.71. The van der Waals surface area contributed by atoms with Crippen LogP contribution in [-0.2, 0) is 6.42 Å². The fourth-order valence-electron chi connectivity index (χ4n) is 2.95. The number of nitrogens with one attached hydrogen (secondary N) is 1. The molecule has 0 atom stereocenters. The Morgan fingerprint density at radius 3 is 2.43 bits per heavy atom. The number of H-pyrrole nitrogens is 1. The number of hydrogen-bond acceptors (Lipinski definition) is 3. The van der Waals surface area contributed by atoms with Crippen LogP contribution in [0.1, 0.15) is 38.4 Å². The van der Waals surface area contributed by atoms with Gasteiger partial charge in [0.05, 0.1) is 0 Å². The molecule has 0 aliphatic carbocycles. The summed E-state index contributed by atoms with van der Waals surface area (Å²) in [7, 11) is 0. The molecule has 1 aromatic carbocycles. The molecule has 3 rings (SSSR count). The van der Waals surface area contributed by atoms with Gasteiger partial charge in [-0.2, -0.15) is 5.10 Å². The van der Waals surface area contributed by atoms with Gasteiger partial charge in [0.15, 0.2) is 4.77 Å². The molecule has 1 aliphatic rings. The fraction of sp³-hybridized carbons (Fsp3) is 0.500. The fourth-order valence-corrected chi connectivity index (χ4v) is 3.21. The van der Waals surface area contributed by atoms with Gasteiger partial charge in [-0.15, -0.1) is 0 Å². The summed E-state index contributed by atoms with van der Waals surface area (Å²) in [5.41, 5.74) is 2.41. The van der Waals surface area contributed by atoms with Crippen molar-refractivity contribution in [2.24, 2.45) is 0 Å². The minimum absolute atomic E-state index is 0.671. The van der Waals surface area contributed by atoms with Crippen molar-refractivity contribution in [3.63, 3.8) is 0 Å². The van der Waals surface area contributed by atoms with E-state index >= 15 is 0 Å². The summed E-state index contributed by atoms with van der Waals surface area (Å²) < 4.78 is 2.71. The van der Waals surface area contributed by atoms with Gasteiger partial charge in [0.2, 0.25) is 0 Å². The molecule has 0 amide bonds. The zero-order chi connectivity index (χ0) is 14.7. The highest BCUT2D eigenvalue weighted by atomic mass is 32.1. The number of hydrogen-bond donors (Lipinski definition) is 1. The largest absolute Gasteiger partial charge is 0.372 e. The van der Waals surface area contributed by atoms with Crippen LogP contribution in [0.4, 0.5) is 5.69 Å². The monoisotopic (exact) mass is 302 g/mol. The molecule has 5 heteroatoms. The Labute approximate surface area is 130 Å². The number of rotatable bonds is 4. The predicted octanol–water partition coefficient (Wildman–Crippen LogP) is 3.87. The van der Waals surface area contributed by atoms with Crippen LogP contribution in [0.3, 0.4) is 0 Å². The maximum atomic E-state index is 5.36. The van der Waals surface area contributed by atoms with Crippen molar-refractivity contribution in [3.05, 3.63) is 34.9 Å².